The van der Waals surface area contributed by atoms with Gasteiger partial charge in [0.1, 0.15) is 0 Å². The van der Waals surface area contributed by atoms with Gasteiger partial charge in [0.2, 0.25) is 0 Å². The molecule has 0 unspecified atom stereocenters. The van der Waals surface area contributed by atoms with Gasteiger partial charge in [-0.3, -0.25) is 9.78 Å². The van der Waals surface area contributed by atoms with E-state index in [9.17, 15) is 4.79 Å². The van der Waals surface area contributed by atoms with E-state index in [-0.39, 0.29) is 11.9 Å². The predicted octanol–water partition coefficient (Wildman–Crippen LogP) is 3.87. The highest BCUT2D eigenvalue weighted by molar-refractivity contribution is 5.95. The van der Waals surface area contributed by atoms with Crippen LogP contribution in [0.25, 0.3) is 6.08 Å². The number of aryl methyl sites for hydroxylation is 1. The lowest BCUT2D eigenvalue weighted by Gasteiger charge is -2.26. The molecule has 0 saturated carbocycles. The maximum absolute atomic E-state index is 12.7. The van der Waals surface area contributed by atoms with E-state index >= 15 is 0 Å². The van der Waals surface area contributed by atoms with E-state index < -0.39 is 0 Å². The van der Waals surface area contributed by atoms with E-state index in [1.165, 1.54) is 11.1 Å². The van der Waals surface area contributed by atoms with Gasteiger partial charge in [0.05, 0.1) is 6.04 Å². The summed E-state index contributed by atoms with van der Waals surface area (Å²) in [5.74, 6) is 0.0571. The van der Waals surface area contributed by atoms with Gasteiger partial charge in [0.15, 0.2) is 0 Å². The number of carbonyl (C=O) groups is 1. The van der Waals surface area contributed by atoms with Crippen molar-refractivity contribution in [3.05, 3.63) is 71.1 Å². The van der Waals surface area contributed by atoms with E-state index in [1.54, 1.807) is 17.3 Å². The predicted molar refractivity (Wildman–Crippen MR) is 88.5 cm³/mol. The van der Waals surface area contributed by atoms with Gasteiger partial charge in [0, 0.05) is 25.0 Å². The minimum Gasteiger partial charge on any atom is -0.335 e. The topological polar surface area (TPSA) is 33.2 Å². The Morgan fingerprint density at radius 3 is 2.77 bits per heavy atom. The number of benzene rings is 1. The highest BCUT2D eigenvalue weighted by atomic mass is 16.2. The van der Waals surface area contributed by atoms with Crippen molar-refractivity contribution >= 4 is 12.0 Å². The molecule has 3 rings (SSSR count). The van der Waals surface area contributed by atoms with Gasteiger partial charge >= 0.3 is 0 Å². The molecule has 3 nitrogen and oxygen atoms in total. The zero-order valence-electron chi connectivity index (χ0n) is 13.0. The number of pyridine rings is 1. The summed E-state index contributed by atoms with van der Waals surface area (Å²) in [4.78, 5) is 18.6. The third-order valence-corrected chi connectivity index (χ3v) is 4.36. The van der Waals surface area contributed by atoms with Gasteiger partial charge in [-0.25, -0.2) is 0 Å². The number of carbonyl (C=O) groups excluding carboxylic acids is 1. The van der Waals surface area contributed by atoms with Crippen LogP contribution in [0.15, 0.2) is 48.8 Å². The molecule has 0 spiro atoms. The highest BCUT2D eigenvalue weighted by Crippen LogP contribution is 2.24. The number of hydrogen-bond donors (Lipinski definition) is 0. The molecular weight excluding hydrogens is 272 g/mol. The molecular formula is C19H20N2O. The number of aromatic nitrogens is 1. The van der Waals surface area contributed by atoms with Crippen LogP contribution in [0.1, 0.15) is 46.4 Å². The second-order valence-electron chi connectivity index (χ2n) is 5.73. The average molecular weight is 292 g/mol. The highest BCUT2D eigenvalue weighted by Gasteiger charge is 2.19. The van der Waals surface area contributed by atoms with E-state index in [0.29, 0.717) is 0 Å². The summed E-state index contributed by atoms with van der Waals surface area (Å²) in [6.07, 6.45) is 9.90. The van der Waals surface area contributed by atoms with Crippen LogP contribution >= 0.6 is 0 Å². The van der Waals surface area contributed by atoms with Crippen molar-refractivity contribution in [1.82, 2.24) is 9.88 Å². The average Bonchev–Trinajstić information content (AvgIpc) is 2.60. The molecule has 1 heterocycles. The standard InChI is InChI=1S/C19H20N2O/c1-14(15-9-11-20-12-10-15)21(2)19(22)18-8-7-16-5-3-4-6-17(16)13-18/h3,5,7-14H,4,6H2,1-2H3/t14-/m0/s1. The first-order chi connectivity index (χ1) is 10.7. The number of rotatable bonds is 3. The quantitative estimate of drug-likeness (QED) is 0.860. The molecule has 1 aliphatic carbocycles. The van der Waals surface area contributed by atoms with Crippen LogP contribution in [0, 0.1) is 0 Å². The number of nitrogens with zero attached hydrogens (tertiary/aromatic N) is 2. The minimum atomic E-state index is 0.0198. The molecule has 0 fully saturated rings. The van der Waals surface area contributed by atoms with Crippen LogP contribution in [0.2, 0.25) is 0 Å². The molecule has 0 N–H and O–H groups in total. The molecule has 3 heteroatoms. The zero-order valence-corrected chi connectivity index (χ0v) is 13.0. The Balaban J connectivity index is 1.83. The summed E-state index contributed by atoms with van der Waals surface area (Å²) in [6.45, 7) is 2.04. The van der Waals surface area contributed by atoms with Crippen molar-refractivity contribution < 1.29 is 4.79 Å². The fraction of sp³-hybridized carbons (Fsp3) is 0.263. The normalized spacial score (nSPS) is 14.3. The van der Waals surface area contributed by atoms with E-state index in [2.05, 4.69) is 17.1 Å². The maximum atomic E-state index is 12.7. The SMILES string of the molecule is C[C@@H](c1ccncc1)N(C)C(=O)c1ccc2c(c1)CCC=C2. The Bertz CT molecular complexity index is 707. The largest absolute Gasteiger partial charge is 0.335 e. The van der Waals surface area contributed by atoms with Gasteiger partial charge in [0.25, 0.3) is 5.91 Å². The third-order valence-electron chi connectivity index (χ3n) is 4.36. The molecule has 0 bridgehead atoms. The fourth-order valence-electron chi connectivity index (χ4n) is 2.81. The molecule has 1 amide bonds. The monoisotopic (exact) mass is 292 g/mol. The number of allylic oxidation sites excluding steroid dienone is 1. The molecule has 2 aromatic rings. The summed E-state index contributed by atoms with van der Waals surface area (Å²) in [5.41, 5.74) is 4.34. The second-order valence-corrected chi connectivity index (χ2v) is 5.73. The molecule has 0 aliphatic heterocycles. The summed E-state index contributed by atoms with van der Waals surface area (Å²) >= 11 is 0. The lowest BCUT2D eigenvalue weighted by atomic mass is 9.95. The maximum Gasteiger partial charge on any atom is 0.254 e. The first-order valence-corrected chi connectivity index (χ1v) is 7.63. The second kappa shape index (κ2) is 6.14. The number of amides is 1. The van der Waals surface area contributed by atoms with E-state index in [1.807, 2.05) is 44.3 Å². The Labute approximate surface area is 131 Å². The third kappa shape index (κ3) is 2.80. The van der Waals surface area contributed by atoms with E-state index in [4.69, 9.17) is 0 Å². The van der Waals surface area contributed by atoms with Crippen molar-refractivity contribution in [2.24, 2.45) is 0 Å². The molecule has 1 aliphatic rings. The Kier molecular flexibility index (Phi) is 4.05. The molecule has 1 atom stereocenters. The van der Waals surface area contributed by atoms with Gasteiger partial charge in [-0.1, -0.05) is 18.2 Å². The first-order valence-electron chi connectivity index (χ1n) is 7.63. The number of fused-ring (bicyclic) bond motifs is 1. The summed E-state index contributed by atoms with van der Waals surface area (Å²) in [7, 11) is 1.85. The zero-order chi connectivity index (χ0) is 15.5. The molecule has 22 heavy (non-hydrogen) atoms. The van der Waals surface area contributed by atoms with Crippen LogP contribution < -0.4 is 0 Å². The molecule has 0 saturated heterocycles. The Morgan fingerprint density at radius 2 is 2.00 bits per heavy atom. The van der Waals surface area contributed by atoms with Crippen LogP contribution in [0.3, 0.4) is 0 Å². The molecule has 1 aromatic heterocycles. The lowest BCUT2D eigenvalue weighted by Crippen LogP contribution is -2.29. The van der Waals surface area contributed by atoms with Gasteiger partial charge in [-0.05, 0) is 60.7 Å². The first kappa shape index (κ1) is 14.5. The Morgan fingerprint density at radius 1 is 1.23 bits per heavy atom. The molecule has 112 valence electrons. The van der Waals surface area contributed by atoms with Crippen molar-refractivity contribution in [3.8, 4) is 0 Å². The summed E-state index contributed by atoms with van der Waals surface area (Å²) in [6, 6.07) is 9.93. The smallest absolute Gasteiger partial charge is 0.254 e. The van der Waals surface area contributed by atoms with Crippen LogP contribution in [-0.4, -0.2) is 22.8 Å². The van der Waals surface area contributed by atoms with Crippen molar-refractivity contribution in [2.75, 3.05) is 7.05 Å². The van der Waals surface area contributed by atoms with Crippen molar-refractivity contribution in [1.29, 1.82) is 0 Å². The van der Waals surface area contributed by atoms with Gasteiger partial charge < -0.3 is 4.90 Å². The van der Waals surface area contributed by atoms with Gasteiger partial charge in [-0.15, -0.1) is 0 Å². The minimum absolute atomic E-state index is 0.0198. The summed E-state index contributed by atoms with van der Waals surface area (Å²) in [5, 5.41) is 0. The Hall–Kier alpha value is -2.42. The number of hydrogen-bond acceptors (Lipinski definition) is 2. The van der Waals surface area contributed by atoms with Crippen LogP contribution in [-0.2, 0) is 6.42 Å². The van der Waals surface area contributed by atoms with Crippen molar-refractivity contribution in [3.63, 3.8) is 0 Å². The van der Waals surface area contributed by atoms with Crippen LogP contribution in [0.5, 0.6) is 0 Å². The van der Waals surface area contributed by atoms with Crippen LogP contribution in [0.4, 0.5) is 0 Å². The summed E-state index contributed by atoms with van der Waals surface area (Å²) < 4.78 is 0. The van der Waals surface area contributed by atoms with Crippen molar-refractivity contribution in [2.45, 2.75) is 25.8 Å². The molecule has 1 aromatic carbocycles. The van der Waals surface area contributed by atoms with E-state index in [0.717, 1.165) is 24.0 Å². The molecule has 0 radical (unpaired) electrons. The lowest BCUT2D eigenvalue weighted by molar-refractivity contribution is 0.0742. The fourth-order valence-corrected chi connectivity index (χ4v) is 2.81. The van der Waals surface area contributed by atoms with Gasteiger partial charge in [-0.2, -0.15) is 0 Å².